The Labute approximate surface area is 118 Å². The monoisotopic (exact) mass is 252 g/mol. The van der Waals surface area contributed by atoms with Gasteiger partial charge in [0.2, 0.25) is 0 Å². The Kier molecular flexibility index (Phi) is 7.63. The van der Waals surface area contributed by atoms with Crippen LogP contribution >= 0.6 is 0 Å². The van der Waals surface area contributed by atoms with Crippen molar-refractivity contribution in [3.63, 3.8) is 0 Å². The third-order valence-corrected chi connectivity index (χ3v) is 5.54. The predicted octanol–water partition coefficient (Wildman–Crippen LogP) is 5.65. The molecule has 0 N–H and O–H groups in total. The van der Waals surface area contributed by atoms with Crippen LogP contribution in [0, 0.1) is 29.1 Å². The molecule has 0 aromatic rings. The van der Waals surface area contributed by atoms with Crippen LogP contribution in [-0.2, 0) is 0 Å². The fraction of sp³-hybridized carbons (Fsp3) is 1.00. The highest BCUT2D eigenvalue weighted by Crippen LogP contribution is 2.44. The van der Waals surface area contributed by atoms with Gasteiger partial charge in [-0.2, -0.15) is 0 Å². The lowest BCUT2D eigenvalue weighted by Crippen LogP contribution is -2.33. The molecule has 0 radical (unpaired) electrons. The van der Waals surface area contributed by atoms with Gasteiger partial charge in [0.15, 0.2) is 0 Å². The van der Waals surface area contributed by atoms with Crippen LogP contribution in [-0.4, -0.2) is 7.28 Å². The van der Waals surface area contributed by atoms with E-state index in [0.29, 0.717) is 5.41 Å². The normalized spacial score (nSPS) is 20.9. The van der Waals surface area contributed by atoms with Gasteiger partial charge in [-0.15, -0.1) is 0 Å². The summed E-state index contributed by atoms with van der Waals surface area (Å²) in [5, 5.41) is 0. The largest absolute Gasteiger partial charge is 0.122 e. The molecule has 5 unspecified atom stereocenters. The third kappa shape index (κ3) is 4.63. The average Bonchev–Trinajstić information content (AvgIpc) is 2.28. The molecule has 5 atom stereocenters. The van der Waals surface area contributed by atoms with Gasteiger partial charge in [-0.05, 0) is 29.1 Å². The van der Waals surface area contributed by atoms with Crippen molar-refractivity contribution in [2.45, 2.75) is 80.9 Å². The number of hydrogen-bond donors (Lipinski definition) is 0. The van der Waals surface area contributed by atoms with Crippen LogP contribution in [0.1, 0.15) is 68.2 Å². The lowest BCUT2D eigenvalue weighted by atomic mass is 9.49. The van der Waals surface area contributed by atoms with Crippen molar-refractivity contribution >= 4 is 7.28 Å². The minimum absolute atomic E-state index is 0.441. The highest BCUT2D eigenvalue weighted by molar-refractivity contribution is 6.36. The second-order valence-corrected chi connectivity index (χ2v) is 7.56. The lowest BCUT2D eigenvalue weighted by molar-refractivity contribution is 0.148. The van der Waals surface area contributed by atoms with Crippen molar-refractivity contribution in [3.8, 4) is 0 Å². The summed E-state index contributed by atoms with van der Waals surface area (Å²) in [6.45, 7) is 21.7. The van der Waals surface area contributed by atoms with Crippen molar-refractivity contribution in [1.82, 2.24) is 0 Å². The van der Waals surface area contributed by atoms with Crippen LogP contribution in [0.3, 0.4) is 0 Å². The highest BCUT2D eigenvalue weighted by Gasteiger charge is 2.34. The summed E-state index contributed by atoms with van der Waals surface area (Å²) in [5.74, 6) is 4.26. The zero-order valence-electron chi connectivity index (χ0n) is 14.5. The van der Waals surface area contributed by atoms with Gasteiger partial charge < -0.3 is 0 Å². The molecular weight excluding hydrogens is 215 g/mol. The van der Waals surface area contributed by atoms with Crippen LogP contribution in [0.2, 0.25) is 12.6 Å². The molecule has 108 valence electrons. The van der Waals surface area contributed by atoms with E-state index in [0.717, 1.165) is 29.5 Å². The molecule has 0 spiro atoms. The zero-order valence-corrected chi connectivity index (χ0v) is 14.5. The minimum atomic E-state index is 0.441. The summed E-state index contributed by atoms with van der Waals surface area (Å²) in [7, 11) is 1.31. The zero-order chi connectivity index (χ0) is 14.5. The lowest BCUT2D eigenvalue weighted by Gasteiger charge is -2.41. The second-order valence-electron chi connectivity index (χ2n) is 7.56. The standard InChI is InChI=1S/C17H37B/c1-10-12(3)15(11-2)13(4)14(5)16(18-9)17(6,7)8/h12-16,18H,10-11H2,1-9H3. The first-order valence-electron chi connectivity index (χ1n) is 8.20. The summed E-state index contributed by atoms with van der Waals surface area (Å²) in [5.41, 5.74) is 0.441. The van der Waals surface area contributed by atoms with Gasteiger partial charge in [0.25, 0.3) is 0 Å². The Bertz CT molecular complexity index is 216. The van der Waals surface area contributed by atoms with Crippen LogP contribution in [0.25, 0.3) is 0 Å². The van der Waals surface area contributed by atoms with Crippen LogP contribution in [0.15, 0.2) is 0 Å². The van der Waals surface area contributed by atoms with Crippen molar-refractivity contribution in [2.24, 2.45) is 29.1 Å². The smallest absolute Gasteiger partial charge is 0.0891 e. The van der Waals surface area contributed by atoms with Crippen LogP contribution < -0.4 is 0 Å². The molecule has 0 aromatic carbocycles. The van der Waals surface area contributed by atoms with E-state index in [9.17, 15) is 0 Å². The molecule has 0 fully saturated rings. The van der Waals surface area contributed by atoms with E-state index < -0.39 is 0 Å². The quantitative estimate of drug-likeness (QED) is 0.513. The van der Waals surface area contributed by atoms with Gasteiger partial charge >= 0.3 is 0 Å². The summed E-state index contributed by atoms with van der Waals surface area (Å²) in [4.78, 5) is 0. The number of hydrogen-bond acceptors (Lipinski definition) is 0. The van der Waals surface area contributed by atoms with Gasteiger partial charge in [-0.25, -0.2) is 0 Å². The average molecular weight is 252 g/mol. The van der Waals surface area contributed by atoms with Crippen molar-refractivity contribution in [3.05, 3.63) is 0 Å². The summed E-state index contributed by atoms with van der Waals surface area (Å²) < 4.78 is 0. The molecule has 0 aliphatic carbocycles. The van der Waals surface area contributed by atoms with Gasteiger partial charge in [-0.1, -0.05) is 80.9 Å². The molecule has 0 rings (SSSR count). The Morgan fingerprint density at radius 1 is 0.889 bits per heavy atom. The molecule has 0 heterocycles. The maximum Gasteiger partial charge on any atom is 0.122 e. The van der Waals surface area contributed by atoms with E-state index in [4.69, 9.17) is 0 Å². The van der Waals surface area contributed by atoms with Crippen LogP contribution in [0.5, 0.6) is 0 Å². The van der Waals surface area contributed by atoms with E-state index in [1.165, 1.54) is 20.1 Å². The van der Waals surface area contributed by atoms with E-state index in [1.54, 1.807) is 0 Å². The van der Waals surface area contributed by atoms with Crippen molar-refractivity contribution in [2.75, 3.05) is 0 Å². The highest BCUT2D eigenvalue weighted by atomic mass is 14.4. The predicted molar refractivity (Wildman–Crippen MR) is 87.8 cm³/mol. The van der Waals surface area contributed by atoms with Crippen molar-refractivity contribution in [1.29, 1.82) is 0 Å². The maximum absolute atomic E-state index is 2.50. The second kappa shape index (κ2) is 7.60. The Morgan fingerprint density at radius 2 is 1.39 bits per heavy atom. The van der Waals surface area contributed by atoms with Crippen LogP contribution in [0.4, 0.5) is 0 Å². The Balaban J connectivity index is 4.88. The van der Waals surface area contributed by atoms with Gasteiger partial charge in [-0.3, -0.25) is 0 Å². The molecule has 0 saturated heterocycles. The summed E-state index contributed by atoms with van der Waals surface area (Å²) in [6, 6.07) is 0. The molecule has 0 nitrogen and oxygen atoms in total. The van der Waals surface area contributed by atoms with Gasteiger partial charge in [0, 0.05) is 0 Å². The fourth-order valence-electron chi connectivity index (χ4n) is 4.12. The van der Waals surface area contributed by atoms with E-state index in [1.807, 2.05) is 0 Å². The molecule has 0 saturated carbocycles. The molecular formula is C17H37B. The number of rotatable bonds is 7. The fourth-order valence-corrected chi connectivity index (χ4v) is 4.12. The minimum Gasteiger partial charge on any atom is -0.0891 e. The molecule has 0 bridgehead atoms. The molecule has 1 heteroatoms. The first-order chi connectivity index (χ1) is 8.20. The SMILES string of the molecule is CBC(C(C)C(C)C(CC)C(C)CC)C(C)(C)C. The topological polar surface area (TPSA) is 0 Å². The first kappa shape index (κ1) is 18.1. The van der Waals surface area contributed by atoms with Gasteiger partial charge in [0.05, 0.1) is 0 Å². The summed E-state index contributed by atoms with van der Waals surface area (Å²) >= 11 is 0. The molecule has 18 heavy (non-hydrogen) atoms. The van der Waals surface area contributed by atoms with Crippen molar-refractivity contribution < 1.29 is 0 Å². The Morgan fingerprint density at radius 3 is 1.67 bits per heavy atom. The molecule has 0 amide bonds. The summed E-state index contributed by atoms with van der Waals surface area (Å²) in [6.07, 6.45) is 2.66. The maximum atomic E-state index is 2.50. The van der Waals surface area contributed by atoms with E-state index >= 15 is 0 Å². The first-order valence-corrected chi connectivity index (χ1v) is 8.20. The van der Waals surface area contributed by atoms with Gasteiger partial charge in [0.1, 0.15) is 7.28 Å². The third-order valence-electron chi connectivity index (χ3n) is 5.54. The van der Waals surface area contributed by atoms with E-state index in [2.05, 4.69) is 62.2 Å². The van der Waals surface area contributed by atoms with E-state index in [-0.39, 0.29) is 0 Å². The molecule has 0 aliphatic rings. The molecule has 0 aliphatic heterocycles. The Hall–Kier alpha value is 0.0649. The molecule has 0 aromatic heterocycles.